The summed E-state index contributed by atoms with van der Waals surface area (Å²) in [5.41, 5.74) is 0.657. The van der Waals surface area contributed by atoms with E-state index < -0.39 is 20.0 Å². The molecule has 0 bridgehead atoms. The van der Waals surface area contributed by atoms with Gasteiger partial charge in [0.05, 0.1) is 19.3 Å². The number of unbranched alkanes of at least 4 members (excludes halogenated alkanes) is 4. The van der Waals surface area contributed by atoms with E-state index in [0.29, 0.717) is 17.7 Å². The Morgan fingerprint density at radius 1 is 1.23 bits per heavy atom. The molecular formula is C18H30NO6P. The van der Waals surface area contributed by atoms with Gasteiger partial charge < -0.3 is 19.8 Å². The van der Waals surface area contributed by atoms with Gasteiger partial charge >= 0.3 is 7.82 Å². The van der Waals surface area contributed by atoms with Crippen molar-refractivity contribution in [2.24, 2.45) is 0 Å². The Labute approximate surface area is 155 Å². The van der Waals surface area contributed by atoms with E-state index in [1.54, 1.807) is 24.3 Å². The van der Waals surface area contributed by atoms with Crippen LogP contribution >= 0.6 is 7.82 Å². The number of amides is 1. The van der Waals surface area contributed by atoms with Crippen molar-refractivity contribution in [2.75, 3.05) is 7.11 Å². The Balaban J connectivity index is 2.80. The predicted molar refractivity (Wildman–Crippen MR) is 99.8 cm³/mol. The second-order valence-electron chi connectivity index (χ2n) is 6.29. The molecule has 0 aliphatic rings. The van der Waals surface area contributed by atoms with E-state index in [1.165, 1.54) is 14.0 Å². The molecule has 8 heteroatoms. The molecule has 0 radical (unpaired) electrons. The van der Waals surface area contributed by atoms with Crippen molar-refractivity contribution in [2.45, 2.75) is 64.5 Å². The summed E-state index contributed by atoms with van der Waals surface area (Å²) in [6, 6.07) is 6.29. The van der Waals surface area contributed by atoms with Crippen LogP contribution in [0.15, 0.2) is 24.3 Å². The quantitative estimate of drug-likeness (QED) is 0.373. The van der Waals surface area contributed by atoms with E-state index in [9.17, 15) is 9.36 Å². The Morgan fingerprint density at radius 2 is 1.92 bits per heavy atom. The minimum Gasteiger partial charge on any atom is -0.497 e. The number of methoxy groups -OCH3 is 1. The zero-order valence-corrected chi connectivity index (χ0v) is 16.6. The monoisotopic (exact) mass is 387 g/mol. The average Bonchev–Trinajstić information content (AvgIpc) is 2.58. The number of phosphoric acid groups is 1. The third kappa shape index (κ3) is 8.81. The van der Waals surface area contributed by atoms with Gasteiger partial charge in [-0.05, 0) is 31.0 Å². The summed E-state index contributed by atoms with van der Waals surface area (Å²) < 4.78 is 21.2. The zero-order chi connectivity index (χ0) is 19.6. The molecule has 0 heterocycles. The lowest BCUT2D eigenvalue weighted by Crippen LogP contribution is -2.35. The molecule has 0 aromatic heterocycles. The lowest BCUT2D eigenvalue weighted by molar-refractivity contribution is -0.122. The van der Waals surface area contributed by atoms with Gasteiger partial charge in [-0.15, -0.1) is 0 Å². The van der Waals surface area contributed by atoms with Crippen LogP contribution < -0.4 is 10.1 Å². The smallest absolute Gasteiger partial charge is 0.469 e. The molecule has 1 amide bonds. The van der Waals surface area contributed by atoms with Crippen LogP contribution in [0.2, 0.25) is 0 Å². The maximum Gasteiger partial charge on any atom is 0.469 e. The summed E-state index contributed by atoms with van der Waals surface area (Å²) >= 11 is 0. The van der Waals surface area contributed by atoms with Gasteiger partial charge in [0.15, 0.2) is 0 Å². The van der Waals surface area contributed by atoms with E-state index in [4.69, 9.17) is 19.0 Å². The summed E-state index contributed by atoms with van der Waals surface area (Å²) in [4.78, 5) is 30.5. The van der Waals surface area contributed by atoms with E-state index in [1.807, 2.05) is 0 Å². The third-order valence-electron chi connectivity index (χ3n) is 4.05. The van der Waals surface area contributed by atoms with Gasteiger partial charge in [0.2, 0.25) is 5.91 Å². The van der Waals surface area contributed by atoms with Crippen LogP contribution in [0.4, 0.5) is 0 Å². The van der Waals surface area contributed by atoms with Gasteiger partial charge in [-0.25, -0.2) is 4.57 Å². The lowest BCUT2D eigenvalue weighted by atomic mass is 10.0. The topological polar surface area (TPSA) is 105 Å². The minimum atomic E-state index is -4.67. The van der Waals surface area contributed by atoms with Gasteiger partial charge in [0.1, 0.15) is 5.75 Å². The van der Waals surface area contributed by atoms with Gasteiger partial charge in [0, 0.05) is 6.42 Å². The molecule has 2 atom stereocenters. The van der Waals surface area contributed by atoms with Crippen molar-refractivity contribution in [3.8, 4) is 5.75 Å². The normalized spacial score (nSPS) is 13.9. The number of ether oxygens (including phenoxy) is 1. The van der Waals surface area contributed by atoms with E-state index in [2.05, 4.69) is 12.2 Å². The van der Waals surface area contributed by atoms with Crippen molar-refractivity contribution in [1.29, 1.82) is 0 Å². The highest BCUT2D eigenvalue weighted by Crippen LogP contribution is 2.40. The fourth-order valence-electron chi connectivity index (χ4n) is 2.72. The lowest BCUT2D eigenvalue weighted by Gasteiger charge is -2.26. The second-order valence-corrected chi connectivity index (χ2v) is 7.48. The van der Waals surface area contributed by atoms with Crippen LogP contribution in [0, 0.1) is 0 Å². The summed E-state index contributed by atoms with van der Waals surface area (Å²) in [5.74, 6) is 0.417. The van der Waals surface area contributed by atoms with Crippen molar-refractivity contribution < 1.29 is 28.4 Å². The Kier molecular flexibility index (Phi) is 9.88. The predicted octanol–water partition coefficient (Wildman–Crippen LogP) is 3.71. The van der Waals surface area contributed by atoms with Crippen LogP contribution in [0.1, 0.15) is 64.0 Å². The second kappa shape index (κ2) is 11.3. The maximum atomic E-state index is 12.3. The maximum absolute atomic E-state index is 12.3. The van der Waals surface area contributed by atoms with Gasteiger partial charge in [-0.2, -0.15) is 0 Å². The van der Waals surface area contributed by atoms with Crippen LogP contribution in [-0.4, -0.2) is 28.9 Å². The summed E-state index contributed by atoms with van der Waals surface area (Å²) in [7, 11) is -3.15. The number of benzene rings is 1. The fraction of sp³-hybridized carbons (Fsp3) is 0.611. The third-order valence-corrected chi connectivity index (χ3v) is 4.66. The van der Waals surface area contributed by atoms with Crippen molar-refractivity contribution in [3.05, 3.63) is 29.8 Å². The van der Waals surface area contributed by atoms with Crippen LogP contribution in [0.3, 0.4) is 0 Å². The van der Waals surface area contributed by atoms with E-state index in [-0.39, 0.29) is 5.91 Å². The highest BCUT2D eigenvalue weighted by Gasteiger charge is 2.28. The number of rotatable bonds is 12. The van der Waals surface area contributed by atoms with Crippen LogP contribution in [0.5, 0.6) is 5.75 Å². The molecule has 0 aliphatic heterocycles. The molecule has 1 rings (SSSR count). The minimum absolute atomic E-state index is 0.171. The van der Waals surface area contributed by atoms with Gasteiger partial charge in [-0.1, -0.05) is 44.7 Å². The van der Waals surface area contributed by atoms with Crippen LogP contribution in [0.25, 0.3) is 0 Å². The first-order valence-corrected chi connectivity index (χ1v) is 10.5. The molecule has 1 aromatic carbocycles. The SMILES string of the molecule is CCCCCCCC(=O)N[C@H](c1cccc(OC)c1)[C@H](C)OP(=O)(O)O. The standard InChI is InChI=1S/C18H30NO6P/c1-4-5-6-7-8-12-17(20)19-18(14(2)25-26(21,22)23)15-10-9-11-16(13-15)24-3/h9-11,13-14,18H,4-8,12H2,1-3H3,(H,19,20)(H2,21,22,23)/t14-,18-/m0/s1. The zero-order valence-electron chi connectivity index (χ0n) is 15.7. The summed E-state index contributed by atoms with van der Waals surface area (Å²) in [6.45, 7) is 3.65. The Hall–Kier alpha value is -1.40. The van der Waals surface area contributed by atoms with E-state index >= 15 is 0 Å². The van der Waals surface area contributed by atoms with Crippen molar-refractivity contribution in [1.82, 2.24) is 5.32 Å². The number of carbonyl (C=O) groups excluding carboxylic acids is 1. The van der Waals surface area contributed by atoms with E-state index in [0.717, 1.165) is 32.1 Å². The molecule has 0 unspecified atom stereocenters. The summed E-state index contributed by atoms with van der Waals surface area (Å²) in [6.07, 6.45) is 4.62. The molecule has 26 heavy (non-hydrogen) atoms. The molecule has 0 fully saturated rings. The first-order chi connectivity index (χ1) is 12.3. The number of carbonyl (C=O) groups is 1. The number of phosphoric ester groups is 1. The molecule has 3 N–H and O–H groups in total. The average molecular weight is 387 g/mol. The number of nitrogens with one attached hydrogen (secondary N) is 1. The summed E-state index contributed by atoms with van der Waals surface area (Å²) in [5, 5.41) is 2.84. The van der Waals surface area contributed by atoms with Gasteiger partial charge in [0.25, 0.3) is 0 Å². The van der Waals surface area contributed by atoms with Crippen molar-refractivity contribution >= 4 is 13.7 Å². The Bertz CT molecular complexity index is 603. The van der Waals surface area contributed by atoms with Gasteiger partial charge in [-0.3, -0.25) is 9.32 Å². The molecule has 0 aliphatic carbocycles. The molecule has 0 spiro atoms. The largest absolute Gasteiger partial charge is 0.497 e. The molecule has 1 aromatic rings. The molecule has 0 saturated heterocycles. The highest BCUT2D eigenvalue weighted by atomic mass is 31.2. The first-order valence-electron chi connectivity index (χ1n) is 8.94. The molecule has 148 valence electrons. The molecule has 7 nitrogen and oxygen atoms in total. The van der Waals surface area contributed by atoms with Crippen LogP contribution in [-0.2, 0) is 13.9 Å². The number of hydrogen-bond acceptors (Lipinski definition) is 4. The van der Waals surface area contributed by atoms with Crippen molar-refractivity contribution in [3.63, 3.8) is 0 Å². The Morgan fingerprint density at radius 3 is 2.54 bits per heavy atom. The highest BCUT2D eigenvalue weighted by molar-refractivity contribution is 7.46. The molecule has 0 saturated carbocycles. The molecular weight excluding hydrogens is 357 g/mol. The first kappa shape index (κ1) is 22.6. The fourth-order valence-corrected chi connectivity index (χ4v) is 3.27. The number of hydrogen-bond donors (Lipinski definition) is 3.